The van der Waals surface area contributed by atoms with Crippen molar-refractivity contribution in [2.24, 2.45) is 0 Å². The highest BCUT2D eigenvalue weighted by atomic mass is 16.1. The molecule has 3 rings (SSSR count). The van der Waals surface area contributed by atoms with Crippen molar-refractivity contribution in [2.45, 2.75) is 25.3 Å². The van der Waals surface area contributed by atoms with Crippen LogP contribution >= 0.6 is 0 Å². The third-order valence-electron chi connectivity index (χ3n) is 2.99. The standard InChI is InChI=1S/C12H14N2O/c15-12(14-10-3-4-10)9-2-1-8-5-6-13-11(8)7-9/h1-2,7,10,13H,3-6H2,(H,14,15). The molecule has 0 radical (unpaired) electrons. The summed E-state index contributed by atoms with van der Waals surface area (Å²) in [6.45, 7) is 0.989. The molecule has 0 bridgehead atoms. The minimum atomic E-state index is 0.0639. The molecule has 1 amide bonds. The molecule has 0 saturated heterocycles. The monoisotopic (exact) mass is 202 g/mol. The highest BCUT2D eigenvalue weighted by Crippen LogP contribution is 2.24. The van der Waals surface area contributed by atoms with Crippen molar-refractivity contribution in [3.05, 3.63) is 29.3 Å². The lowest BCUT2D eigenvalue weighted by Gasteiger charge is -2.05. The van der Waals surface area contributed by atoms with Crippen molar-refractivity contribution in [3.63, 3.8) is 0 Å². The first kappa shape index (κ1) is 8.77. The van der Waals surface area contributed by atoms with Crippen molar-refractivity contribution in [1.82, 2.24) is 5.32 Å². The summed E-state index contributed by atoms with van der Waals surface area (Å²) < 4.78 is 0. The highest BCUT2D eigenvalue weighted by Gasteiger charge is 2.24. The zero-order valence-corrected chi connectivity index (χ0v) is 8.55. The fraction of sp³-hybridized carbons (Fsp3) is 0.417. The van der Waals surface area contributed by atoms with Crippen LogP contribution in [0, 0.1) is 0 Å². The van der Waals surface area contributed by atoms with Crippen LogP contribution in [-0.4, -0.2) is 18.5 Å². The smallest absolute Gasteiger partial charge is 0.251 e. The van der Waals surface area contributed by atoms with Gasteiger partial charge in [0.05, 0.1) is 0 Å². The van der Waals surface area contributed by atoms with Gasteiger partial charge in [-0.3, -0.25) is 4.79 Å². The van der Waals surface area contributed by atoms with Gasteiger partial charge in [-0.1, -0.05) is 6.07 Å². The molecule has 1 heterocycles. The maximum atomic E-state index is 11.8. The fourth-order valence-electron chi connectivity index (χ4n) is 1.93. The van der Waals surface area contributed by atoms with Crippen LogP contribution in [0.25, 0.3) is 0 Å². The summed E-state index contributed by atoms with van der Waals surface area (Å²) in [4.78, 5) is 11.8. The predicted molar refractivity (Wildman–Crippen MR) is 59.1 cm³/mol. The first-order valence-corrected chi connectivity index (χ1v) is 5.50. The van der Waals surface area contributed by atoms with E-state index >= 15 is 0 Å². The van der Waals surface area contributed by atoms with Gasteiger partial charge in [0.15, 0.2) is 0 Å². The summed E-state index contributed by atoms with van der Waals surface area (Å²) >= 11 is 0. The summed E-state index contributed by atoms with van der Waals surface area (Å²) in [5.41, 5.74) is 3.21. The number of nitrogens with one attached hydrogen (secondary N) is 2. The van der Waals surface area contributed by atoms with Crippen LogP contribution in [0.3, 0.4) is 0 Å². The third kappa shape index (κ3) is 1.69. The second kappa shape index (κ2) is 3.26. The maximum absolute atomic E-state index is 11.8. The molecule has 1 aliphatic carbocycles. The van der Waals surface area contributed by atoms with E-state index < -0.39 is 0 Å². The Bertz CT molecular complexity index is 410. The molecule has 2 aliphatic rings. The van der Waals surface area contributed by atoms with Crippen molar-refractivity contribution in [3.8, 4) is 0 Å². The zero-order chi connectivity index (χ0) is 10.3. The van der Waals surface area contributed by atoms with E-state index in [9.17, 15) is 4.79 Å². The number of amides is 1. The van der Waals surface area contributed by atoms with E-state index in [-0.39, 0.29) is 5.91 Å². The molecule has 0 atom stereocenters. The number of carbonyl (C=O) groups excluding carboxylic acids is 1. The van der Waals surface area contributed by atoms with E-state index in [1.807, 2.05) is 12.1 Å². The lowest BCUT2D eigenvalue weighted by atomic mass is 10.1. The fourth-order valence-corrected chi connectivity index (χ4v) is 1.93. The summed E-state index contributed by atoms with van der Waals surface area (Å²) in [6, 6.07) is 6.36. The van der Waals surface area contributed by atoms with Crippen LogP contribution < -0.4 is 10.6 Å². The average Bonchev–Trinajstić information content (AvgIpc) is 2.94. The Morgan fingerprint density at radius 2 is 2.27 bits per heavy atom. The molecule has 0 aromatic heterocycles. The van der Waals surface area contributed by atoms with E-state index in [4.69, 9.17) is 0 Å². The normalized spacial score (nSPS) is 18.1. The number of hydrogen-bond acceptors (Lipinski definition) is 2. The quantitative estimate of drug-likeness (QED) is 0.764. The van der Waals surface area contributed by atoms with Gasteiger partial charge in [-0.05, 0) is 37.0 Å². The molecule has 1 saturated carbocycles. The van der Waals surface area contributed by atoms with Crippen LogP contribution in [0.1, 0.15) is 28.8 Å². The summed E-state index contributed by atoms with van der Waals surface area (Å²) in [6.07, 6.45) is 3.34. The van der Waals surface area contributed by atoms with Gasteiger partial charge in [0.1, 0.15) is 0 Å². The van der Waals surface area contributed by atoms with Crippen LogP contribution in [0.2, 0.25) is 0 Å². The molecule has 1 aromatic carbocycles. The Morgan fingerprint density at radius 3 is 3.07 bits per heavy atom. The molecular weight excluding hydrogens is 188 g/mol. The van der Waals surface area contributed by atoms with Crippen molar-refractivity contribution >= 4 is 11.6 Å². The Morgan fingerprint density at radius 1 is 1.40 bits per heavy atom. The number of anilines is 1. The molecule has 3 nitrogen and oxygen atoms in total. The van der Waals surface area contributed by atoms with Crippen LogP contribution in [0.4, 0.5) is 5.69 Å². The highest BCUT2D eigenvalue weighted by molar-refractivity contribution is 5.95. The lowest BCUT2D eigenvalue weighted by molar-refractivity contribution is 0.0951. The molecular formula is C12H14N2O. The Labute approximate surface area is 88.9 Å². The van der Waals surface area contributed by atoms with Crippen molar-refractivity contribution in [1.29, 1.82) is 0 Å². The number of fused-ring (bicyclic) bond motifs is 1. The number of benzene rings is 1. The van der Waals surface area contributed by atoms with Crippen molar-refractivity contribution in [2.75, 3.05) is 11.9 Å². The Balaban J connectivity index is 1.82. The number of rotatable bonds is 2. The van der Waals surface area contributed by atoms with Gasteiger partial charge in [0.2, 0.25) is 0 Å². The second-order valence-corrected chi connectivity index (χ2v) is 4.30. The topological polar surface area (TPSA) is 41.1 Å². The zero-order valence-electron chi connectivity index (χ0n) is 8.55. The van der Waals surface area contributed by atoms with Gasteiger partial charge in [-0.15, -0.1) is 0 Å². The van der Waals surface area contributed by atoms with Gasteiger partial charge in [-0.2, -0.15) is 0 Å². The average molecular weight is 202 g/mol. The first-order chi connectivity index (χ1) is 7.33. The largest absolute Gasteiger partial charge is 0.384 e. The molecule has 3 heteroatoms. The van der Waals surface area contributed by atoms with Gasteiger partial charge in [-0.25, -0.2) is 0 Å². The third-order valence-corrected chi connectivity index (χ3v) is 2.99. The van der Waals surface area contributed by atoms with E-state index in [1.165, 1.54) is 5.56 Å². The molecule has 0 unspecified atom stereocenters. The van der Waals surface area contributed by atoms with E-state index in [2.05, 4.69) is 16.7 Å². The minimum Gasteiger partial charge on any atom is -0.384 e. The van der Waals surface area contributed by atoms with E-state index in [0.29, 0.717) is 6.04 Å². The van der Waals surface area contributed by atoms with Gasteiger partial charge >= 0.3 is 0 Å². The number of hydrogen-bond donors (Lipinski definition) is 2. The second-order valence-electron chi connectivity index (χ2n) is 4.30. The molecule has 78 valence electrons. The van der Waals surface area contributed by atoms with Gasteiger partial charge in [0, 0.05) is 23.8 Å². The molecule has 2 N–H and O–H groups in total. The Hall–Kier alpha value is -1.51. The summed E-state index contributed by atoms with van der Waals surface area (Å²) in [5, 5.41) is 6.28. The summed E-state index contributed by atoms with van der Waals surface area (Å²) in [7, 11) is 0. The lowest BCUT2D eigenvalue weighted by Crippen LogP contribution is -2.25. The Kier molecular flexibility index (Phi) is 1.91. The summed E-state index contributed by atoms with van der Waals surface area (Å²) in [5.74, 6) is 0.0639. The van der Waals surface area contributed by atoms with Crippen molar-refractivity contribution < 1.29 is 4.79 Å². The minimum absolute atomic E-state index is 0.0639. The van der Waals surface area contributed by atoms with Gasteiger partial charge in [0.25, 0.3) is 5.91 Å². The SMILES string of the molecule is O=C(NC1CC1)c1ccc2c(c1)NCC2. The van der Waals surface area contributed by atoms with Crippen LogP contribution in [0.15, 0.2) is 18.2 Å². The van der Waals surface area contributed by atoms with Crippen LogP contribution in [0.5, 0.6) is 0 Å². The van der Waals surface area contributed by atoms with E-state index in [1.54, 1.807) is 0 Å². The molecule has 1 aromatic rings. The molecule has 0 spiro atoms. The van der Waals surface area contributed by atoms with Gasteiger partial charge < -0.3 is 10.6 Å². The maximum Gasteiger partial charge on any atom is 0.251 e. The molecule has 15 heavy (non-hydrogen) atoms. The van der Waals surface area contributed by atoms with E-state index in [0.717, 1.165) is 37.1 Å². The van der Waals surface area contributed by atoms with Crippen LogP contribution in [-0.2, 0) is 6.42 Å². The predicted octanol–water partition coefficient (Wildman–Crippen LogP) is 1.55. The molecule has 1 fully saturated rings. The first-order valence-electron chi connectivity index (χ1n) is 5.50. The molecule has 1 aliphatic heterocycles. The number of carbonyl (C=O) groups is 1.